The summed E-state index contributed by atoms with van der Waals surface area (Å²) in [7, 11) is 0. The molecule has 164 valence electrons. The van der Waals surface area contributed by atoms with Gasteiger partial charge in [-0.05, 0) is 55.5 Å². The number of terminal acetylenes is 1. The van der Waals surface area contributed by atoms with E-state index in [9.17, 15) is 10.1 Å². The third-order valence-corrected chi connectivity index (χ3v) is 4.56. The lowest BCUT2D eigenvalue weighted by atomic mass is 10.0. The minimum Gasteiger partial charge on any atom is -0.490 e. The molecular weight excluding hydrogens is 400 g/mol. The quantitative estimate of drug-likeness (QED) is 0.178. The van der Waals surface area contributed by atoms with Gasteiger partial charge in [0.2, 0.25) is 0 Å². The van der Waals surface area contributed by atoms with E-state index in [2.05, 4.69) is 29.9 Å². The molecule has 0 aliphatic carbocycles. The average Bonchev–Trinajstić information content (AvgIpc) is 2.80. The molecule has 0 radical (unpaired) electrons. The number of hydrogen-bond donors (Lipinski definition) is 1. The Hall–Kier alpha value is -3.96. The Labute approximate surface area is 190 Å². The molecule has 0 fully saturated rings. The molecule has 0 heterocycles. The molecule has 0 aliphatic heterocycles. The number of allylic oxidation sites excluding steroid dienone is 1. The standard InChI is InChI=1S/C27H28N2O3/c1-4-11-23-17-22(19-25(31-6-3)26(23)32-16-5-2)18-24(20-28)27(30)29-15-10-14-21-12-8-7-9-13-21/h2,4,7-9,12-13,17-19H,1,6,10-11,14-16H2,3H3,(H,29,30)/b24-18-. The molecule has 5 heteroatoms. The smallest absolute Gasteiger partial charge is 0.261 e. The normalized spacial score (nSPS) is 10.5. The van der Waals surface area contributed by atoms with Crippen LogP contribution >= 0.6 is 0 Å². The molecule has 0 saturated heterocycles. The van der Waals surface area contributed by atoms with Crippen molar-refractivity contribution < 1.29 is 14.3 Å². The maximum atomic E-state index is 12.5. The molecule has 2 aromatic carbocycles. The maximum Gasteiger partial charge on any atom is 0.261 e. The Morgan fingerprint density at radius 3 is 2.69 bits per heavy atom. The number of nitrogens with one attached hydrogen (secondary N) is 1. The van der Waals surface area contributed by atoms with E-state index >= 15 is 0 Å². The van der Waals surface area contributed by atoms with E-state index < -0.39 is 5.91 Å². The number of nitriles is 1. The fourth-order valence-corrected chi connectivity index (χ4v) is 3.16. The fourth-order valence-electron chi connectivity index (χ4n) is 3.16. The number of carbonyl (C=O) groups is 1. The summed E-state index contributed by atoms with van der Waals surface area (Å²) in [5, 5.41) is 12.4. The first-order chi connectivity index (χ1) is 15.6. The Morgan fingerprint density at radius 2 is 2.03 bits per heavy atom. The van der Waals surface area contributed by atoms with Crippen LogP contribution in [0.25, 0.3) is 6.08 Å². The molecule has 32 heavy (non-hydrogen) atoms. The molecule has 0 saturated carbocycles. The second-order valence-corrected chi connectivity index (χ2v) is 6.94. The summed E-state index contributed by atoms with van der Waals surface area (Å²) in [6, 6.07) is 15.6. The fraction of sp³-hybridized carbons (Fsp3) is 0.259. The van der Waals surface area contributed by atoms with Crippen molar-refractivity contribution in [1.82, 2.24) is 5.32 Å². The highest BCUT2D eigenvalue weighted by atomic mass is 16.5. The van der Waals surface area contributed by atoms with E-state index in [1.165, 1.54) is 5.56 Å². The van der Waals surface area contributed by atoms with E-state index in [0.717, 1.165) is 18.4 Å². The molecule has 0 aromatic heterocycles. The van der Waals surface area contributed by atoms with Gasteiger partial charge in [-0.15, -0.1) is 13.0 Å². The molecule has 1 amide bonds. The van der Waals surface area contributed by atoms with Gasteiger partial charge in [0.25, 0.3) is 5.91 Å². The van der Waals surface area contributed by atoms with Crippen LogP contribution in [0.5, 0.6) is 11.5 Å². The van der Waals surface area contributed by atoms with Crippen molar-refractivity contribution in [3.05, 3.63) is 77.4 Å². The lowest BCUT2D eigenvalue weighted by Gasteiger charge is -2.15. The highest BCUT2D eigenvalue weighted by Gasteiger charge is 2.14. The van der Waals surface area contributed by atoms with Gasteiger partial charge in [-0.3, -0.25) is 4.79 Å². The van der Waals surface area contributed by atoms with E-state index in [-0.39, 0.29) is 12.2 Å². The molecule has 0 atom stereocenters. The molecule has 1 N–H and O–H groups in total. The van der Waals surface area contributed by atoms with Gasteiger partial charge in [-0.1, -0.05) is 42.3 Å². The number of ether oxygens (including phenoxy) is 2. The van der Waals surface area contributed by atoms with Crippen LogP contribution in [0.3, 0.4) is 0 Å². The van der Waals surface area contributed by atoms with Crippen molar-refractivity contribution >= 4 is 12.0 Å². The minimum absolute atomic E-state index is 0.0222. The number of benzene rings is 2. The molecule has 2 aromatic rings. The van der Waals surface area contributed by atoms with Crippen molar-refractivity contribution in [2.45, 2.75) is 26.2 Å². The zero-order chi connectivity index (χ0) is 23.2. The molecule has 5 nitrogen and oxygen atoms in total. The first kappa shape index (κ1) is 24.3. The second-order valence-electron chi connectivity index (χ2n) is 6.94. The number of rotatable bonds is 12. The maximum absolute atomic E-state index is 12.5. The van der Waals surface area contributed by atoms with Crippen molar-refractivity contribution in [3.63, 3.8) is 0 Å². The van der Waals surface area contributed by atoms with Crippen molar-refractivity contribution in [2.75, 3.05) is 19.8 Å². The topological polar surface area (TPSA) is 71.3 Å². The van der Waals surface area contributed by atoms with Crippen LogP contribution in [0, 0.1) is 23.7 Å². The molecule has 0 aliphatic rings. The van der Waals surface area contributed by atoms with Crippen molar-refractivity contribution in [1.29, 1.82) is 5.26 Å². The van der Waals surface area contributed by atoms with Gasteiger partial charge in [0.15, 0.2) is 11.5 Å². The number of aryl methyl sites for hydroxylation is 1. The number of carbonyl (C=O) groups excluding carboxylic acids is 1. The molecular formula is C27H28N2O3. The number of nitrogens with zero attached hydrogens (tertiary/aromatic N) is 1. The lowest BCUT2D eigenvalue weighted by molar-refractivity contribution is -0.117. The highest BCUT2D eigenvalue weighted by Crippen LogP contribution is 2.34. The van der Waals surface area contributed by atoms with Gasteiger partial charge in [0, 0.05) is 12.1 Å². The van der Waals surface area contributed by atoms with Gasteiger partial charge in [-0.25, -0.2) is 0 Å². The van der Waals surface area contributed by atoms with Crippen LogP contribution in [0.15, 0.2) is 60.7 Å². The first-order valence-electron chi connectivity index (χ1n) is 10.5. The predicted molar refractivity (Wildman–Crippen MR) is 127 cm³/mol. The number of hydrogen-bond acceptors (Lipinski definition) is 4. The Kier molecular flexibility index (Phi) is 10.2. The molecule has 0 spiro atoms. The van der Waals surface area contributed by atoms with Gasteiger partial charge in [-0.2, -0.15) is 5.26 Å². The number of amides is 1. The van der Waals surface area contributed by atoms with Crippen molar-refractivity contribution in [2.24, 2.45) is 0 Å². The summed E-state index contributed by atoms with van der Waals surface area (Å²) in [6.07, 6.45) is 10.8. The molecule has 2 rings (SSSR count). The van der Waals surface area contributed by atoms with Gasteiger partial charge < -0.3 is 14.8 Å². The van der Waals surface area contributed by atoms with E-state index in [1.54, 1.807) is 18.2 Å². The molecule has 0 unspecified atom stereocenters. The zero-order valence-corrected chi connectivity index (χ0v) is 18.4. The average molecular weight is 429 g/mol. The van der Waals surface area contributed by atoms with Crippen molar-refractivity contribution in [3.8, 4) is 29.9 Å². The lowest BCUT2D eigenvalue weighted by Crippen LogP contribution is -2.25. The summed E-state index contributed by atoms with van der Waals surface area (Å²) >= 11 is 0. The Balaban J connectivity index is 2.16. The summed E-state index contributed by atoms with van der Waals surface area (Å²) < 4.78 is 11.4. The highest BCUT2D eigenvalue weighted by molar-refractivity contribution is 6.01. The summed E-state index contributed by atoms with van der Waals surface area (Å²) in [5.74, 6) is 3.10. The van der Waals surface area contributed by atoms with Gasteiger partial charge >= 0.3 is 0 Å². The van der Waals surface area contributed by atoms with E-state index in [4.69, 9.17) is 15.9 Å². The summed E-state index contributed by atoms with van der Waals surface area (Å²) in [5.41, 5.74) is 2.71. The van der Waals surface area contributed by atoms with Crippen LogP contribution in [0.4, 0.5) is 0 Å². The Bertz CT molecular complexity index is 1030. The minimum atomic E-state index is -0.406. The van der Waals surface area contributed by atoms with Crippen LogP contribution in [-0.4, -0.2) is 25.7 Å². The summed E-state index contributed by atoms with van der Waals surface area (Å²) in [4.78, 5) is 12.5. The van der Waals surface area contributed by atoms with Crippen LogP contribution in [-0.2, 0) is 17.6 Å². The summed E-state index contributed by atoms with van der Waals surface area (Å²) in [6.45, 7) is 6.67. The van der Waals surface area contributed by atoms with Crippen LogP contribution < -0.4 is 14.8 Å². The predicted octanol–water partition coefficient (Wildman–Crippen LogP) is 4.48. The largest absolute Gasteiger partial charge is 0.490 e. The van der Waals surface area contributed by atoms with Gasteiger partial charge in [0.05, 0.1) is 6.61 Å². The Morgan fingerprint density at radius 1 is 1.25 bits per heavy atom. The molecule has 0 bridgehead atoms. The van der Waals surface area contributed by atoms with E-state index in [1.807, 2.05) is 37.3 Å². The monoisotopic (exact) mass is 428 g/mol. The van der Waals surface area contributed by atoms with E-state index in [0.29, 0.717) is 36.6 Å². The third kappa shape index (κ3) is 7.38. The second kappa shape index (κ2) is 13.4. The first-order valence-corrected chi connectivity index (χ1v) is 10.5. The van der Waals surface area contributed by atoms with Gasteiger partial charge in [0.1, 0.15) is 18.2 Å². The zero-order valence-electron chi connectivity index (χ0n) is 18.4. The van der Waals surface area contributed by atoms with Crippen LogP contribution in [0.1, 0.15) is 30.0 Å². The van der Waals surface area contributed by atoms with Crippen LogP contribution in [0.2, 0.25) is 0 Å². The SMILES string of the molecule is C#CCOc1c(CC=C)cc(/C=C(/C#N)C(=O)NCCCc2ccccc2)cc1OCC. The third-order valence-electron chi connectivity index (χ3n) is 4.56.